The molecule has 2 aromatic rings. The lowest BCUT2D eigenvalue weighted by Crippen LogP contribution is -2.20. The van der Waals surface area contributed by atoms with Gasteiger partial charge in [0.2, 0.25) is 5.91 Å². The maximum absolute atomic E-state index is 13.1. The van der Waals surface area contributed by atoms with E-state index in [2.05, 4.69) is 10.6 Å². The van der Waals surface area contributed by atoms with Gasteiger partial charge in [-0.2, -0.15) is 0 Å². The molecule has 0 atom stereocenters. The van der Waals surface area contributed by atoms with Gasteiger partial charge in [0.25, 0.3) is 5.91 Å². The second-order valence-electron chi connectivity index (χ2n) is 4.96. The van der Waals surface area contributed by atoms with Crippen molar-refractivity contribution in [1.82, 2.24) is 0 Å². The summed E-state index contributed by atoms with van der Waals surface area (Å²) in [4.78, 5) is 24.6. The van der Waals surface area contributed by atoms with Gasteiger partial charge < -0.3 is 10.6 Å². The van der Waals surface area contributed by atoms with Crippen molar-refractivity contribution in [2.75, 3.05) is 16.4 Å². The molecule has 112 valence electrons. The van der Waals surface area contributed by atoms with Gasteiger partial charge in [-0.15, -0.1) is 11.8 Å². The number of benzene rings is 2. The Morgan fingerprint density at radius 2 is 2.09 bits per heavy atom. The quantitative estimate of drug-likeness (QED) is 0.892. The summed E-state index contributed by atoms with van der Waals surface area (Å²) < 4.78 is 13.1. The number of anilines is 2. The summed E-state index contributed by atoms with van der Waals surface area (Å²) in [5, 5.41) is 5.50. The number of carbonyl (C=O) groups excluding carboxylic acids is 2. The number of aryl methyl sites for hydroxylation is 1. The van der Waals surface area contributed by atoms with Gasteiger partial charge in [0, 0.05) is 16.1 Å². The van der Waals surface area contributed by atoms with E-state index < -0.39 is 0 Å². The smallest absolute Gasteiger partial charge is 0.255 e. The second-order valence-corrected chi connectivity index (χ2v) is 5.98. The highest BCUT2D eigenvalue weighted by Gasteiger charge is 2.17. The predicted octanol–water partition coefficient (Wildman–Crippen LogP) is 3.43. The first-order valence-electron chi connectivity index (χ1n) is 6.67. The van der Waals surface area contributed by atoms with Crippen LogP contribution >= 0.6 is 11.8 Å². The van der Waals surface area contributed by atoms with Gasteiger partial charge >= 0.3 is 0 Å². The van der Waals surface area contributed by atoms with Crippen LogP contribution < -0.4 is 10.6 Å². The number of amides is 2. The van der Waals surface area contributed by atoms with Crippen LogP contribution in [0.25, 0.3) is 0 Å². The third-order valence-electron chi connectivity index (χ3n) is 3.31. The van der Waals surface area contributed by atoms with E-state index in [1.54, 1.807) is 19.1 Å². The Hall–Kier alpha value is -2.34. The fourth-order valence-electron chi connectivity index (χ4n) is 2.19. The second kappa shape index (κ2) is 5.81. The van der Waals surface area contributed by atoms with E-state index in [1.165, 1.54) is 30.0 Å². The summed E-state index contributed by atoms with van der Waals surface area (Å²) in [6, 6.07) is 9.35. The average molecular weight is 316 g/mol. The molecule has 0 aliphatic carbocycles. The minimum Gasteiger partial charge on any atom is -0.324 e. The Morgan fingerprint density at radius 1 is 1.27 bits per heavy atom. The first-order valence-corrected chi connectivity index (χ1v) is 7.66. The molecule has 0 bridgehead atoms. The SMILES string of the molecule is Cc1cc(F)ccc1NC(=O)c1ccc2c(c1)NC(=O)CS2. The molecular formula is C16H13FN2O2S. The minimum absolute atomic E-state index is 0.0792. The topological polar surface area (TPSA) is 58.2 Å². The molecule has 3 rings (SSSR count). The molecule has 2 amide bonds. The van der Waals surface area contributed by atoms with Crippen molar-refractivity contribution >= 4 is 35.0 Å². The molecule has 0 unspecified atom stereocenters. The molecule has 0 spiro atoms. The monoisotopic (exact) mass is 316 g/mol. The van der Waals surface area contributed by atoms with Crippen molar-refractivity contribution in [2.24, 2.45) is 0 Å². The normalized spacial score (nSPS) is 13.3. The van der Waals surface area contributed by atoms with Crippen molar-refractivity contribution < 1.29 is 14.0 Å². The van der Waals surface area contributed by atoms with Crippen LogP contribution in [0.2, 0.25) is 0 Å². The zero-order valence-corrected chi connectivity index (χ0v) is 12.6. The van der Waals surface area contributed by atoms with Crippen molar-refractivity contribution in [1.29, 1.82) is 0 Å². The van der Waals surface area contributed by atoms with Gasteiger partial charge in [0.15, 0.2) is 0 Å². The first kappa shape index (κ1) is 14.6. The Balaban J connectivity index is 1.83. The number of hydrogen-bond donors (Lipinski definition) is 2. The molecule has 4 nitrogen and oxygen atoms in total. The molecule has 0 fully saturated rings. The van der Waals surface area contributed by atoms with Crippen molar-refractivity contribution in [2.45, 2.75) is 11.8 Å². The molecule has 1 heterocycles. The van der Waals surface area contributed by atoms with E-state index in [4.69, 9.17) is 0 Å². The van der Waals surface area contributed by atoms with Gasteiger partial charge in [0.05, 0.1) is 11.4 Å². The van der Waals surface area contributed by atoms with Gasteiger partial charge in [-0.3, -0.25) is 9.59 Å². The van der Waals surface area contributed by atoms with Crippen molar-refractivity contribution in [3.05, 3.63) is 53.3 Å². The summed E-state index contributed by atoms with van der Waals surface area (Å²) in [6.45, 7) is 1.72. The lowest BCUT2D eigenvalue weighted by atomic mass is 10.1. The molecule has 0 radical (unpaired) electrons. The largest absolute Gasteiger partial charge is 0.324 e. The van der Waals surface area contributed by atoms with Crippen molar-refractivity contribution in [3.63, 3.8) is 0 Å². The van der Waals surface area contributed by atoms with Crippen LogP contribution in [-0.4, -0.2) is 17.6 Å². The molecule has 1 aliphatic heterocycles. The third kappa shape index (κ3) is 2.96. The predicted molar refractivity (Wildman–Crippen MR) is 84.9 cm³/mol. The molecule has 22 heavy (non-hydrogen) atoms. The number of fused-ring (bicyclic) bond motifs is 1. The van der Waals surface area contributed by atoms with Crippen LogP contribution in [0, 0.1) is 12.7 Å². The number of carbonyl (C=O) groups is 2. The number of rotatable bonds is 2. The van der Waals surface area contributed by atoms with Gasteiger partial charge in [0.1, 0.15) is 5.82 Å². The van der Waals surface area contributed by atoms with Crippen molar-refractivity contribution in [3.8, 4) is 0 Å². The van der Waals surface area contributed by atoms with Gasteiger partial charge in [-0.1, -0.05) is 0 Å². The molecule has 0 saturated heterocycles. The zero-order chi connectivity index (χ0) is 15.7. The van der Waals surface area contributed by atoms with E-state index in [1.807, 2.05) is 6.07 Å². The van der Waals surface area contributed by atoms with Crippen LogP contribution in [0.1, 0.15) is 15.9 Å². The van der Waals surface area contributed by atoms with E-state index in [9.17, 15) is 14.0 Å². The Bertz CT molecular complexity index is 777. The lowest BCUT2D eigenvalue weighted by molar-refractivity contribution is -0.113. The summed E-state index contributed by atoms with van der Waals surface area (Å²) >= 11 is 1.44. The van der Waals surface area contributed by atoms with E-state index in [0.717, 1.165) is 4.90 Å². The highest BCUT2D eigenvalue weighted by atomic mass is 32.2. The lowest BCUT2D eigenvalue weighted by Gasteiger charge is -2.17. The standard InChI is InChI=1S/C16H13FN2O2S/c1-9-6-11(17)3-4-12(9)19-16(21)10-2-5-14-13(7-10)18-15(20)8-22-14/h2-7H,8H2,1H3,(H,18,20)(H,19,21). The summed E-state index contributed by atoms with van der Waals surface area (Å²) in [5.41, 5.74) is 2.28. The molecular weight excluding hydrogens is 303 g/mol. The Morgan fingerprint density at radius 3 is 2.86 bits per heavy atom. The van der Waals surface area contributed by atoms with Crippen LogP contribution in [0.5, 0.6) is 0 Å². The molecule has 2 N–H and O–H groups in total. The third-order valence-corrected chi connectivity index (χ3v) is 4.38. The highest BCUT2D eigenvalue weighted by molar-refractivity contribution is 8.00. The fraction of sp³-hybridized carbons (Fsp3) is 0.125. The highest BCUT2D eigenvalue weighted by Crippen LogP contribution is 2.32. The van der Waals surface area contributed by atoms with Crippen LogP contribution in [-0.2, 0) is 4.79 Å². The number of thioether (sulfide) groups is 1. The summed E-state index contributed by atoms with van der Waals surface area (Å²) in [6.07, 6.45) is 0. The van der Waals surface area contributed by atoms with E-state index in [0.29, 0.717) is 28.3 Å². The molecule has 6 heteroatoms. The van der Waals surface area contributed by atoms with E-state index in [-0.39, 0.29) is 17.6 Å². The number of halogens is 1. The zero-order valence-electron chi connectivity index (χ0n) is 11.8. The van der Waals surface area contributed by atoms with Gasteiger partial charge in [-0.05, 0) is 48.9 Å². The Labute approximate surface area is 131 Å². The summed E-state index contributed by atoms with van der Waals surface area (Å²) in [5.74, 6) is -0.344. The Kier molecular flexibility index (Phi) is 3.85. The van der Waals surface area contributed by atoms with E-state index >= 15 is 0 Å². The molecule has 2 aromatic carbocycles. The number of hydrogen-bond acceptors (Lipinski definition) is 3. The van der Waals surface area contributed by atoms with Crippen LogP contribution in [0.3, 0.4) is 0 Å². The van der Waals surface area contributed by atoms with Crippen LogP contribution in [0.4, 0.5) is 15.8 Å². The summed E-state index contributed by atoms with van der Waals surface area (Å²) in [7, 11) is 0. The maximum atomic E-state index is 13.1. The molecule has 0 saturated carbocycles. The number of nitrogens with one attached hydrogen (secondary N) is 2. The maximum Gasteiger partial charge on any atom is 0.255 e. The average Bonchev–Trinajstić information content (AvgIpc) is 2.49. The first-order chi connectivity index (χ1) is 10.5. The molecule has 0 aromatic heterocycles. The molecule has 1 aliphatic rings. The van der Waals surface area contributed by atoms with Gasteiger partial charge in [-0.25, -0.2) is 4.39 Å². The fourth-order valence-corrected chi connectivity index (χ4v) is 2.97. The van der Waals surface area contributed by atoms with Crippen LogP contribution in [0.15, 0.2) is 41.3 Å². The minimum atomic E-state index is -0.344.